The van der Waals surface area contributed by atoms with Gasteiger partial charge >= 0.3 is 0 Å². The normalized spacial score (nSPS) is 16.1. The number of carbonyl (C=O) groups excluding carboxylic acids is 1. The van der Waals surface area contributed by atoms with E-state index in [-0.39, 0.29) is 12.0 Å². The SMILES string of the molecule is CSc1ccccc1C(=O)NC[C@@H]1COc2ccccc2O1. The molecule has 0 bridgehead atoms. The quantitative estimate of drug-likeness (QED) is 0.881. The summed E-state index contributed by atoms with van der Waals surface area (Å²) in [5.41, 5.74) is 0.687. The number of benzene rings is 2. The van der Waals surface area contributed by atoms with Crippen molar-refractivity contribution in [3.63, 3.8) is 0 Å². The number of rotatable bonds is 4. The Morgan fingerprint density at radius 3 is 2.73 bits per heavy atom. The highest BCUT2D eigenvalue weighted by Gasteiger charge is 2.21. The van der Waals surface area contributed by atoms with Gasteiger partial charge in [0.05, 0.1) is 12.1 Å². The molecular formula is C17H17NO3S. The standard InChI is InChI=1S/C17H17NO3S/c1-22-16-9-5-2-6-13(16)17(19)18-10-12-11-20-14-7-3-4-8-15(14)21-12/h2-9,12H,10-11H2,1H3,(H,18,19)/t12-/m1/s1. The van der Waals surface area contributed by atoms with E-state index in [0.29, 0.717) is 18.7 Å². The van der Waals surface area contributed by atoms with E-state index < -0.39 is 0 Å². The van der Waals surface area contributed by atoms with E-state index in [1.54, 1.807) is 11.8 Å². The van der Waals surface area contributed by atoms with E-state index >= 15 is 0 Å². The molecule has 0 aliphatic carbocycles. The molecule has 0 aromatic heterocycles. The molecule has 0 radical (unpaired) electrons. The van der Waals surface area contributed by atoms with E-state index in [0.717, 1.165) is 16.4 Å². The maximum Gasteiger partial charge on any atom is 0.252 e. The van der Waals surface area contributed by atoms with Crippen LogP contribution in [0.2, 0.25) is 0 Å². The molecule has 1 atom stereocenters. The van der Waals surface area contributed by atoms with Crippen LogP contribution in [0.4, 0.5) is 0 Å². The van der Waals surface area contributed by atoms with E-state index in [1.165, 1.54) is 0 Å². The molecule has 0 spiro atoms. The molecule has 1 amide bonds. The molecular weight excluding hydrogens is 298 g/mol. The number of ether oxygens (including phenoxy) is 2. The second kappa shape index (κ2) is 6.75. The molecule has 22 heavy (non-hydrogen) atoms. The first-order valence-corrected chi connectivity index (χ1v) is 8.30. The van der Waals surface area contributed by atoms with Gasteiger partial charge in [0.1, 0.15) is 12.7 Å². The maximum absolute atomic E-state index is 12.3. The van der Waals surface area contributed by atoms with Crippen LogP contribution >= 0.6 is 11.8 Å². The van der Waals surface area contributed by atoms with Gasteiger partial charge in [-0.2, -0.15) is 0 Å². The number of para-hydroxylation sites is 2. The summed E-state index contributed by atoms with van der Waals surface area (Å²) in [6.45, 7) is 0.845. The summed E-state index contributed by atoms with van der Waals surface area (Å²) in [7, 11) is 0. The number of thioether (sulfide) groups is 1. The largest absolute Gasteiger partial charge is 0.486 e. The van der Waals surface area contributed by atoms with Crippen molar-refractivity contribution in [3.05, 3.63) is 54.1 Å². The van der Waals surface area contributed by atoms with Crippen molar-refractivity contribution in [1.82, 2.24) is 5.32 Å². The number of amides is 1. The Hall–Kier alpha value is -2.14. The molecule has 0 saturated carbocycles. The van der Waals surface area contributed by atoms with Crippen molar-refractivity contribution in [2.24, 2.45) is 0 Å². The van der Waals surface area contributed by atoms with Gasteiger partial charge < -0.3 is 14.8 Å². The highest BCUT2D eigenvalue weighted by molar-refractivity contribution is 7.98. The summed E-state index contributed by atoms with van der Waals surface area (Å²) in [5.74, 6) is 1.38. The van der Waals surface area contributed by atoms with Crippen LogP contribution in [-0.4, -0.2) is 31.4 Å². The van der Waals surface area contributed by atoms with Gasteiger partial charge in [0.2, 0.25) is 0 Å². The van der Waals surface area contributed by atoms with Gasteiger partial charge in [0, 0.05) is 4.90 Å². The predicted molar refractivity (Wildman–Crippen MR) is 86.9 cm³/mol. The third kappa shape index (κ3) is 3.20. The van der Waals surface area contributed by atoms with Crippen LogP contribution in [0.25, 0.3) is 0 Å². The van der Waals surface area contributed by atoms with Crippen LogP contribution in [0.15, 0.2) is 53.4 Å². The van der Waals surface area contributed by atoms with Crippen molar-refractivity contribution < 1.29 is 14.3 Å². The molecule has 1 aliphatic heterocycles. The molecule has 1 N–H and O–H groups in total. The van der Waals surface area contributed by atoms with Crippen LogP contribution in [0.1, 0.15) is 10.4 Å². The molecule has 0 fully saturated rings. The highest BCUT2D eigenvalue weighted by Crippen LogP contribution is 2.30. The molecule has 1 heterocycles. The van der Waals surface area contributed by atoms with Crippen LogP contribution in [0.3, 0.4) is 0 Å². The summed E-state index contributed by atoms with van der Waals surface area (Å²) >= 11 is 1.56. The Balaban J connectivity index is 1.60. The molecule has 114 valence electrons. The molecule has 2 aromatic carbocycles. The number of hydrogen-bond donors (Lipinski definition) is 1. The lowest BCUT2D eigenvalue weighted by Gasteiger charge is -2.26. The Kier molecular flexibility index (Phi) is 4.53. The monoisotopic (exact) mass is 315 g/mol. The first kappa shape index (κ1) is 14.8. The van der Waals surface area contributed by atoms with E-state index in [9.17, 15) is 4.79 Å². The first-order valence-electron chi connectivity index (χ1n) is 7.07. The zero-order valence-corrected chi connectivity index (χ0v) is 13.1. The van der Waals surface area contributed by atoms with Crippen molar-refractivity contribution in [2.75, 3.05) is 19.4 Å². The zero-order chi connectivity index (χ0) is 15.4. The van der Waals surface area contributed by atoms with E-state index in [2.05, 4.69) is 5.32 Å². The minimum absolute atomic E-state index is 0.0904. The molecule has 0 saturated heterocycles. The van der Waals surface area contributed by atoms with Gasteiger partial charge in [-0.25, -0.2) is 0 Å². The van der Waals surface area contributed by atoms with Gasteiger partial charge in [0.15, 0.2) is 11.5 Å². The Bertz CT molecular complexity index is 674. The third-order valence-corrected chi connectivity index (χ3v) is 4.21. The van der Waals surface area contributed by atoms with Gasteiger partial charge in [-0.15, -0.1) is 11.8 Å². The third-order valence-electron chi connectivity index (χ3n) is 3.41. The Morgan fingerprint density at radius 1 is 1.18 bits per heavy atom. The smallest absolute Gasteiger partial charge is 0.252 e. The van der Waals surface area contributed by atoms with Crippen molar-refractivity contribution in [1.29, 1.82) is 0 Å². The maximum atomic E-state index is 12.3. The lowest BCUT2D eigenvalue weighted by atomic mass is 10.2. The summed E-state index contributed by atoms with van der Waals surface area (Å²) in [6.07, 6.45) is 1.78. The molecule has 3 rings (SSSR count). The molecule has 4 nitrogen and oxygen atoms in total. The second-order valence-electron chi connectivity index (χ2n) is 4.91. The molecule has 0 unspecified atom stereocenters. The van der Waals surface area contributed by atoms with Crippen molar-refractivity contribution in [3.8, 4) is 11.5 Å². The molecule has 5 heteroatoms. The van der Waals surface area contributed by atoms with Crippen LogP contribution in [0, 0.1) is 0 Å². The van der Waals surface area contributed by atoms with Gasteiger partial charge in [-0.05, 0) is 30.5 Å². The molecule has 2 aromatic rings. The minimum Gasteiger partial charge on any atom is -0.486 e. The Morgan fingerprint density at radius 2 is 1.91 bits per heavy atom. The van der Waals surface area contributed by atoms with Gasteiger partial charge in [-0.1, -0.05) is 24.3 Å². The number of fused-ring (bicyclic) bond motifs is 1. The topological polar surface area (TPSA) is 47.6 Å². The van der Waals surface area contributed by atoms with E-state index in [4.69, 9.17) is 9.47 Å². The Labute approximate surface area is 133 Å². The van der Waals surface area contributed by atoms with Gasteiger partial charge in [0.25, 0.3) is 5.91 Å². The van der Waals surface area contributed by atoms with Crippen LogP contribution in [0.5, 0.6) is 11.5 Å². The summed E-state index contributed by atoms with van der Waals surface area (Å²) in [4.78, 5) is 13.3. The summed E-state index contributed by atoms with van der Waals surface area (Å²) in [6, 6.07) is 15.1. The molecule has 1 aliphatic rings. The average Bonchev–Trinajstić information content (AvgIpc) is 2.59. The van der Waals surface area contributed by atoms with Crippen molar-refractivity contribution >= 4 is 17.7 Å². The fourth-order valence-electron chi connectivity index (χ4n) is 2.30. The number of carbonyl (C=O) groups is 1. The first-order chi connectivity index (χ1) is 10.8. The minimum atomic E-state index is -0.180. The zero-order valence-electron chi connectivity index (χ0n) is 12.2. The fraction of sp³-hybridized carbons (Fsp3) is 0.235. The lowest BCUT2D eigenvalue weighted by Crippen LogP contribution is -2.40. The van der Waals surface area contributed by atoms with Crippen LogP contribution < -0.4 is 14.8 Å². The second-order valence-corrected chi connectivity index (χ2v) is 5.76. The lowest BCUT2D eigenvalue weighted by molar-refractivity contribution is 0.0787. The average molecular weight is 315 g/mol. The highest BCUT2D eigenvalue weighted by atomic mass is 32.2. The van der Waals surface area contributed by atoms with Crippen LogP contribution in [-0.2, 0) is 0 Å². The van der Waals surface area contributed by atoms with E-state index in [1.807, 2.05) is 54.8 Å². The number of nitrogens with one attached hydrogen (secondary N) is 1. The van der Waals surface area contributed by atoms with Gasteiger partial charge in [-0.3, -0.25) is 4.79 Å². The fourth-order valence-corrected chi connectivity index (χ4v) is 2.89. The summed E-state index contributed by atoms with van der Waals surface area (Å²) < 4.78 is 11.5. The predicted octanol–water partition coefficient (Wildman–Crippen LogP) is 2.98. The number of hydrogen-bond acceptors (Lipinski definition) is 4. The van der Waals surface area contributed by atoms with Crippen molar-refractivity contribution in [2.45, 2.75) is 11.0 Å². The summed E-state index contributed by atoms with van der Waals surface area (Å²) in [5, 5.41) is 2.92.